The van der Waals surface area contributed by atoms with Crippen LogP contribution >= 0.6 is 11.6 Å². The van der Waals surface area contributed by atoms with Crippen molar-refractivity contribution in [2.75, 3.05) is 34.2 Å². The molecule has 21 heavy (non-hydrogen) atoms. The summed E-state index contributed by atoms with van der Waals surface area (Å²) in [5.74, 6) is -0.0192. The molecule has 0 N–H and O–H groups in total. The molecule has 0 fully saturated rings. The molecule has 1 aromatic heterocycles. The number of nitrogens with zero attached hydrogens (tertiary/aromatic N) is 3. The Labute approximate surface area is 130 Å². The second-order valence-electron chi connectivity index (χ2n) is 5.39. The number of amides is 1. The van der Waals surface area contributed by atoms with Gasteiger partial charge in [0.05, 0.1) is 11.1 Å². The van der Waals surface area contributed by atoms with Gasteiger partial charge in [-0.25, -0.2) is 4.98 Å². The summed E-state index contributed by atoms with van der Waals surface area (Å²) >= 11 is 6.03. The summed E-state index contributed by atoms with van der Waals surface area (Å²) in [5, 5.41) is 1.19. The zero-order valence-electron chi connectivity index (χ0n) is 12.6. The lowest BCUT2D eigenvalue weighted by molar-refractivity contribution is 0.0792. The molecule has 0 saturated heterocycles. The van der Waals surface area contributed by atoms with Gasteiger partial charge < -0.3 is 9.80 Å². The molecule has 0 bridgehead atoms. The minimum atomic E-state index is -0.0192. The number of benzene rings is 1. The summed E-state index contributed by atoms with van der Waals surface area (Å²) in [6.07, 6.45) is 0.936. The van der Waals surface area contributed by atoms with E-state index in [4.69, 9.17) is 11.6 Å². The van der Waals surface area contributed by atoms with Gasteiger partial charge in [-0.15, -0.1) is 0 Å². The van der Waals surface area contributed by atoms with E-state index in [0.717, 1.165) is 23.9 Å². The van der Waals surface area contributed by atoms with Crippen LogP contribution in [0.25, 0.3) is 10.9 Å². The largest absolute Gasteiger partial charge is 0.342 e. The highest BCUT2D eigenvalue weighted by Crippen LogP contribution is 2.22. The van der Waals surface area contributed by atoms with Crippen LogP contribution in [-0.2, 0) is 0 Å². The smallest absolute Gasteiger partial charge is 0.254 e. The number of carbonyl (C=O) groups excluding carboxylic acids is 1. The number of rotatable bonds is 5. The fourth-order valence-electron chi connectivity index (χ4n) is 2.25. The van der Waals surface area contributed by atoms with Gasteiger partial charge in [0.25, 0.3) is 5.91 Å². The van der Waals surface area contributed by atoms with Crippen LogP contribution in [0.4, 0.5) is 0 Å². The Kier molecular flexibility index (Phi) is 5.15. The molecule has 5 heteroatoms. The average molecular weight is 306 g/mol. The Morgan fingerprint density at radius 2 is 1.90 bits per heavy atom. The van der Waals surface area contributed by atoms with Gasteiger partial charge in [0.15, 0.2) is 0 Å². The first-order chi connectivity index (χ1) is 9.99. The molecule has 4 nitrogen and oxygen atoms in total. The van der Waals surface area contributed by atoms with Crippen molar-refractivity contribution >= 4 is 28.4 Å². The van der Waals surface area contributed by atoms with Crippen LogP contribution in [0.3, 0.4) is 0 Å². The number of aromatic nitrogens is 1. The third-order valence-corrected chi connectivity index (χ3v) is 3.55. The van der Waals surface area contributed by atoms with E-state index < -0.39 is 0 Å². The maximum absolute atomic E-state index is 12.6. The SMILES string of the molecule is CN(C)CCCN(C)C(=O)c1cc(Cl)nc2ccccc12. The molecule has 2 aromatic rings. The first-order valence-electron chi connectivity index (χ1n) is 6.94. The van der Waals surface area contributed by atoms with Crippen molar-refractivity contribution in [1.29, 1.82) is 0 Å². The van der Waals surface area contributed by atoms with Gasteiger partial charge in [-0.05, 0) is 39.2 Å². The topological polar surface area (TPSA) is 36.4 Å². The van der Waals surface area contributed by atoms with Gasteiger partial charge in [-0.1, -0.05) is 29.8 Å². The molecule has 1 heterocycles. The van der Waals surface area contributed by atoms with E-state index in [2.05, 4.69) is 9.88 Å². The standard InChI is InChI=1S/C16H20ClN3O/c1-19(2)9-6-10-20(3)16(21)13-11-15(17)18-14-8-5-4-7-12(13)14/h4-5,7-8,11H,6,9-10H2,1-3H3. The molecular formula is C16H20ClN3O. The quantitative estimate of drug-likeness (QED) is 0.797. The summed E-state index contributed by atoms with van der Waals surface area (Å²) in [4.78, 5) is 20.7. The molecule has 1 amide bonds. The van der Waals surface area contributed by atoms with Crippen molar-refractivity contribution in [3.8, 4) is 0 Å². The number of hydrogen-bond donors (Lipinski definition) is 0. The van der Waals surface area contributed by atoms with E-state index in [0.29, 0.717) is 17.3 Å². The third-order valence-electron chi connectivity index (χ3n) is 3.36. The van der Waals surface area contributed by atoms with Crippen LogP contribution in [0.15, 0.2) is 30.3 Å². The predicted octanol–water partition coefficient (Wildman–Crippen LogP) is 2.91. The molecule has 0 radical (unpaired) electrons. The van der Waals surface area contributed by atoms with Crippen LogP contribution in [0, 0.1) is 0 Å². The molecule has 1 aromatic carbocycles. The number of pyridine rings is 1. The first kappa shape index (κ1) is 15.7. The summed E-state index contributed by atoms with van der Waals surface area (Å²) in [5.41, 5.74) is 1.35. The normalized spacial score (nSPS) is 11.1. The molecule has 0 unspecified atom stereocenters. The summed E-state index contributed by atoms with van der Waals surface area (Å²) in [7, 11) is 5.87. The fraction of sp³-hybridized carbons (Fsp3) is 0.375. The number of fused-ring (bicyclic) bond motifs is 1. The minimum Gasteiger partial charge on any atom is -0.342 e. The van der Waals surface area contributed by atoms with Crippen LogP contribution < -0.4 is 0 Å². The predicted molar refractivity (Wildman–Crippen MR) is 86.9 cm³/mol. The van der Waals surface area contributed by atoms with Gasteiger partial charge >= 0.3 is 0 Å². The molecule has 0 spiro atoms. The van der Waals surface area contributed by atoms with Crippen molar-refractivity contribution in [3.63, 3.8) is 0 Å². The van der Waals surface area contributed by atoms with E-state index in [9.17, 15) is 4.79 Å². The molecule has 0 aliphatic heterocycles. The van der Waals surface area contributed by atoms with Crippen molar-refractivity contribution < 1.29 is 4.79 Å². The lowest BCUT2D eigenvalue weighted by Gasteiger charge is -2.19. The van der Waals surface area contributed by atoms with Gasteiger partial charge in [0.2, 0.25) is 0 Å². The summed E-state index contributed by atoms with van der Waals surface area (Å²) in [6.45, 7) is 1.67. The molecular weight excluding hydrogens is 286 g/mol. The maximum atomic E-state index is 12.6. The van der Waals surface area contributed by atoms with Crippen molar-refractivity contribution in [2.45, 2.75) is 6.42 Å². The summed E-state index contributed by atoms with van der Waals surface area (Å²) < 4.78 is 0. The maximum Gasteiger partial charge on any atom is 0.254 e. The highest BCUT2D eigenvalue weighted by molar-refractivity contribution is 6.30. The molecule has 2 rings (SSSR count). The monoisotopic (exact) mass is 305 g/mol. The highest BCUT2D eigenvalue weighted by atomic mass is 35.5. The van der Waals surface area contributed by atoms with Gasteiger partial charge in [-0.2, -0.15) is 0 Å². The van der Waals surface area contributed by atoms with Gasteiger partial charge in [-0.3, -0.25) is 4.79 Å². The minimum absolute atomic E-state index is 0.0192. The third kappa shape index (κ3) is 3.93. The van der Waals surface area contributed by atoms with Crippen LogP contribution in [-0.4, -0.2) is 54.9 Å². The number of hydrogen-bond acceptors (Lipinski definition) is 3. The van der Waals surface area contributed by atoms with Crippen molar-refractivity contribution in [2.24, 2.45) is 0 Å². The second kappa shape index (κ2) is 6.87. The van der Waals surface area contributed by atoms with E-state index in [1.165, 1.54) is 0 Å². The highest BCUT2D eigenvalue weighted by Gasteiger charge is 2.16. The number of halogens is 1. The van der Waals surface area contributed by atoms with Crippen molar-refractivity contribution in [3.05, 3.63) is 41.0 Å². The zero-order valence-corrected chi connectivity index (χ0v) is 13.4. The Balaban J connectivity index is 2.22. The molecule has 112 valence electrons. The Bertz CT molecular complexity index is 642. The second-order valence-corrected chi connectivity index (χ2v) is 5.78. The number of para-hydroxylation sites is 1. The van der Waals surface area contributed by atoms with E-state index >= 15 is 0 Å². The lowest BCUT2D eigenvalue weighted by atomic mass is 10.1. The van der Waals surface area contributed by atoms with E-state index in [1.807, 2.05) is 45.4 Å². The van der Waals surface area contributed by atoms with Gasteiger partial charge in [0, 0.05) is 19.0 Å². The van der Waals surface area contributed by atoms with Crippen LogP contribution in [0.1, 0.15) is 16.8 Å². The molecule has 0 aliphatic carbocycles. The molecule has 0 saturated carbocycles. The van der Waals surface area contributed by atoms with Gasteiger partial charge in [0.1, 0.15) is 5.15 Å². The number of carbonyl (C=O) groups is 1. The zero-order chi connectivity index (χ0) is 15.4. The Hall–Kier alpha value is -1.65. The average Bonchev–Trinajstić information content (AvgIpc) is 2.45. The van der Waals surface area contributed by atoms with Crippen LogP contribution in [0.2, 0.25) is 5.15 Å². The van der Waals surface area contributed by atoms with E-state index in [1.54, 1.807) is 11.0 Å². The summed E-state index contributed by atoms with van der Waals surface area (Å²) in [6, 6.07) is 9.21. The molecule has 0 atom stereocenters. The van der Waals surface area contributed by atoms with Crippen molar-refractivity contribution in [1.82, 2.24) is 14.8 Å². The Morgan fingerprint density at radius 1 is 1.19 bits per heavy atom. The fourth-order valence-corrected chi connectivity index (χ4v) is 2.45. The first-order valence-corrected chi connectivity index (χ1v) is 7.32. The van der Waals surface area contributed by atoms with E-state index in [-0.39, 0.29) is 5.91 Å². The molecule has 0 aliphatic rings. The lowest BCUT2D eigenvalue weighted by Crippen LogP contribution is -2.30. The van der Waals surface area contributed by atoms with Crippen LogP contribution in [0.5, 0.6) is 0 Å². The Morgan fingerprint density at radius 3 is 2.62 bits per heavy atom.